The normalized spacial score (nSPS) is 10.1. The number of hydrogen-bond acceptors (Lipinski definition) is 3. The van der Waals surface area contributed by atoms with Gasteiger partial charge in [0.1, 0.15) is 5.01 Å². The molecule has 0 saturated carbocycles. The SMILES string of the molecule is CC.CCc1ccc(-c2nc(C)c(CCCO)s2)cc1. The van der Waals surface area contributed by atoms with E-state index in [9.17, 15) is 0 Å². The van der Waals surface area contributed by atoms with Crippen LogP contribution in [-0.4, -0.2) is 16.7 Å². The van der Waals surface area contributed by atoms with Gasteiger partial charge < -0.3 is 5.11 Å². The maximum absolute atomic E-state index is 8.88. The molecular formula is C17H25NOS. The van der Waals surface area contributed by atoms with Crippen LogP contribution >= 0.6 is 11.3 Å². The standard InChI is InChI=1S/C15H19NOS.C2H6/c1-3-12-6-8-13(9-7-12)15-16-11(2)14(18-15)5-4-10-17;1-2/h6-9,17H,3-5,10H2,1-2H3;1-2H3. The average molecular weight is 291 g/mol. The highest BCUT2D eigenvalue weighted by Gasteiger charge is 2.08. The van der Waals surface area contributed by atoms with Gasteiger partial charge in [-0.15, -0.1) is 11.3 Å². The smallest absolute Gasteiger partial charge is 0.123 e. The van der Waals surface area contributed by atoms with E-state index in [0.29, 0.717) is 0 Å². The van der Waals surface area contributed by atoms with Crippen molar-refractivity contribution in [3.05, 3.63) is 40.4 Å². The van der Waals surface area contributed by atoms with E-state index in [1.54, 1.807) is 11.3 Å². The number of aryl methyl sites for hydroxylation is 3. The van der Waals surface area contributed by atoms with Crippen LogP contribution in [0.1, 0.15) is 43.3 Å². The summed E-state index contributed by atoms with van der Waals surface area (Å²) in [4.78, 5) is 5.92. The van der Waals surface area contributed by atoms with Crippen LogP contribution < -0.4 is 0 Å². The molecule has 0 aliphatic carbocycles. The Bertz CT molecular complexity index is 502. The van der Waals surface area contributed by atoms with Crippen LogP contribution in [0, 0.1) is 6.92 Å². The van der Waals surface area contributed by atoms with Crippen molar-refractivity contribution in [3.63, 3.8) is 0 Å². The first-order valence-electron chi connectivity index (χ1n) is 7.41. The Morgan fingerprint density at radius 1 is 1.15 bits per heavy atom. The van der Waals surface area contributed by atoms with Gasteiger partial charge in [0.25, 0.3) is 0 Å². The number of aliphatic hydroxyl groups excluding tert-OH is 1. The molecule has 0 fully saturated rings. The van der Waals surface area contributed by atoms with E-state index in [1.807, 2.05) is 20.8 Å². The Hall–Kier alpha value is -1.19. The van der Waals surface area contributed by atoms with Crippen LogP contribution in [0.25, 0.3) is 10.6 Å². The molecule has 2 aromatic rings. The van der Waals surface area contributed by atoms with Crippen molar-refractivity contribution in [1.82, 2.24) is 4.98 Å². The zero-order chi connectivity index (χ0) is 15.0. The molecule has 0 unspecified atom stereocenters. The Morgan fingerprint density at radius 3 is 2.35 bits per heavy atom. The van der Waals surface area contributed by atoms with E-state index in [0.717, 1.165) is 30.0 Å². The van der Waals surface area contributed by atoms with E-state index in [-0.39, 0.29) is 6.61 Å². The van der Waals surface area contributed by atoms with Gasteiger partial charge in [0.05, 0.1) is 5.69 Å². The molecule has 0 spiro atoms. The minimum Gasteiger partial charge on any atom is -0.396 e. The predicted octanol–water partition coefficient (Wildman–Crippen LogP) is 4.63. The number of rotatable bonds is 5. The van der Waals surface area contributed by atoms with Gasteiger partial charge in [-0.3, -0.25) is 0 Å². The molecule has 0 amide bonds. The predicted molar refractivity (Wildman–Crippen MR) is 88.4 cm³/mol. The van der Waals surface area contributed by atoms with Crippen LogP contribution in [0.3, 0.4) is 0 Å². The summed E-state index contributed by atoms with van der Waals surface area (Å²) in [6.07, 6.45) is 2.81. The van der Waals surface area contributed by atoms with Gasteiger partial charge >= 0.3 is 0 Å². The summed E-state index contributed by atoms with van der Waals surface area (Å²) in [6.45, 7) is 8.46. The summed E-state index contributed by atoms with van der Waals surface area (Å²) in [6, 6.07) is 8.62. The third-order valence-corrected chi connectivity index (χ3v) is 4.33. The van der Waals surface area contributed by atoms with Crippen molar-refractivity contribution in [2.24, 2.45) is 0 Å². The summed E-state index contributed by atoms with van der Waals surface area (Å²) < 4.78 is 0. The van der Waals surface area contributed by atoms with Crippen molar-refractivity contribution in [2.45, 2.75) is 47.0 Å². The molecule has 0 radical (unpaired) electrons. The zero-order valence-electron chi connectivity index (χ0n) is 12.9. The third-order valence-electron chi connectivity index (χ3n) is 3.06. The highest BCUT2D eigenvalue weighted by molar-refractivity contribution is 7.15. The largest absolute Gasteiger partial charge is 0.396 e. The number of benzene rings is 1. The van der Waals surface area contributed by atoms with Crippen LogP contribution in [0.2, 0.25) is 0 Å². The first-order chi connectivity index (χ1) is 9.74. The minimum atomic E-state index is 0.248. The lowest BCUT2D eigenvalue weighted by atomic mass is 10.1. The highest BCUT2D eigenvalue weighted by atomic mass is 32.1. The second-order valence-corrected chi connectivity index (χ2v) is 5.49. The summed E-state index contributed by atoms with van der Waals surface area (Å²) in [5.41, 5.74) is 3.64. The summed E-state index contributed by atoms with van der Waals surface area (Å²) >= 11 is 1.74. The van der Waals surface area contributed by atoms with Gasteiger partial charge in [0, 0.05) is 17.0 Å². The molecule has 0 saturated heterocycles. The molecule has 1 N–H and O–H groups in total. The minimum absolute atomic E-state index is 0.248. The molecule has 1 aromatic heterocycles. The average Bonchev–Trinajstić information content (AvgIpc) is 2.88. The number of aliphatic hydroxyl groups is 1. The maximum Gasteiger partial charge on any atom is 0.123 e. The van der Waals surface area contributed by atoms with Crippen LogP contribution in [0.5, 0.6) is 0 Å². The monoisotopic (exact) mass is 291 g/mol. The number of nitrogens with zero attached hydrogens (tertiary/aromatic N) is 1. The van der Waals surface area contributed by atoms with Crippen molar-refractivity contribution in [2.75, 3.05) is 6.61 Å². The fraction of sp³-hybridized carbons (Fsp3) is 0.471. The molecule has 1 heterocycles. The second kappa shape index (κ2) is 8.88. The molecule has 0 atom stereocenters. The van der Waals surface area contributed by atoms with Crippen LogP contribution in [0.15, 0.2) is 24.3 Å². The molecule has 110 valence electrons. The topological polar surface area (TPSA) is 33.1 Å². The Balaban J connectivity index is 0.000000956. The fourth-order valence-electron chi connectivity index (χ4n) is 1.91. The first kappa shape index (κ1) is 16.9. The van der Waals surface area contributed by atoms with E-state index in [1.165, 1.54) is 16.0 Å². The summed E-state index contributed by atoms with van der Waals surface area (Å²) in [7, 11) is 0. The molecule has 1 aromatic carbocycles. The number of thiazole rings is 1. The fourth-order valence-corrected chi connectivity index (χ4v) is 3.02. The summed E-state index contributed by atoms with van der Waals surface area (Å²) in [5, 5.41) is 9.97. The first-order valence-corrected chi connectivity index (χ1v) is 8.22. The van der Waals surface area contributed by atoms with Gasteiger partial charge in [0.15, 0.2) is 0 Å². The third kappa shape index (κ3) is 4.43. The second-order valence-electron chi connectivity index (χ2n) is 4.41. The van der Waals surface area contributed by atoms with Crippen LogP contribution in [-0.2, 0) is 12.8 Å². The lowest BCUT2D eigenvalue weighted by Gasteiger charge is -1.98. The van der Waals surface area contributed by atoms with Gasteiger partial charge in [-0.05, 0) is 31.7 Å². The number of hydrogen-bond donors (Lipinski definition) is 1. The molecule has 2 nitrogen and oxygen atoms in total. The van der Waals surface area contributed by atoms with E-state index in [4.69, 9.17) is 5.11 Å². The number of aromatic nitrogens is 1. The lowest BCUT2D eigenvalue weighted by Crippen LogP contribution is -1.88. The van der Waals surface area contributed by atoms with Gasteiger partial charge in [-0.2, -0.15) is 0 Å². The van der Waals surface area contributed by atoms with Crippen molar-refractivity contribution >= 4 is 11.3 Å². The van der Waals surface area contributed by atoms with E-state index >= 15 is 0 Å². The van der Waals surface area contributed by atoms with Crippen molar-refractivity contribution < 1.29 is 5.11 Å². The van der Waals surface area contributed by atoms with Gasteiger partial charge in [-0.1, -0.05) is 45.0 Å². The van der Waals surface area contributed by atoms with E-state index < -0.39 is 0 Å². The molecule has 3 heteroatoms. The molecule has 0 aliphatic rings. The molecule has 2 rings (SSSR count). The molecular weight excluding hydrogens is 266 g/mol. The Kier molecular flexibility index (Phi) is 7.48. The quantitative estimate of drug-likeness (QED) is 0.871. The van der Waals surface area contributed by atoms with Crippen molar-refractivity contribution in [3.8, 4) is 10.6 Å². The van der Waals surface area contributed by atoms with Crippen LogP contribution in [0.4, 0.5) is 0 Å². The molecule has 0 aliphatic heterocycles. The molecule has 20 heavy (non-hydrogen) atoms. The summed E-state index contributed by atoms with van der Waals surface area (Å²) in [5.74, 6) is 0. The van der Waals surface area contributed by atoms with Crippen molar-refractivity contribution in [1.29, 1.82) is 0 Å². The van der Waals surface area contributed by atoms with Gasteiger partial charge in [0.2, 0.25) is 0 Å². The van der Waals surface area contributed by atoms with Gasteiger partial charge in [-0.25, -0.2) is 4.98 Å². The Morgan fingerprint density at radius 2 is 1.80 bits per heavy atom. The highest BCUT2D eigenvalue weighted by Crippen LogP contribution is 2.28. The maximum atomic E-state index is 8.88. The molecule has 0 bridgehead atoms. The Labute approximate surface area is 126 Å². The zero-order valence-corrected chi connectivity index (χ0v) is 13.8. The van der Waals surface area contributed by atoms with E-state index in [2.05, 4.69) is 36.2 Å². The lowest BCUT2D eigenvalue weighted by molar-refractivity contribution is 0.289.